The van der Waals surface area contributed by atoms with Gasteiger partial charge in [-0.05, 0) is 62.3 Å². The van der Waals surface area contributed by atoms with Crippen molar-refractivity contribution in [3.8, 4) is 5.75 Å². The van der Waals surface area contributed by atoms with Crippen LogP contribution in [0.1, 0.15) is 53.9 Å². The van der Waals surface area contributed by atoms with Crippen molar-refractivity contribution < 1.29 is 14.3 Å². The van der Waals surface area contributed by atoms with Gasteiger partial charge in [0.2, 0.25) is 5.91 Å². The molecular weight excluding hydrogens is 396 g/mol. The second kappa shape index (κ2) is 7.76. The zero-order valence-electron chi connectivity index (χ0n) is 15.7. The number of fused-ring (bicyclic) bond motifs is 1. The predicted molar refractivity (Wildman–Crippen MR) is 110 cm³/mol. The van der Waals surface area contributed by atoms with Gasteiger partial charge >= 0.3 is 0 Å². The monoisotopic (exact) mass is 418 g/mol. The summed E-state index contributed by atoms with van der Waals surface area (Å²) >= 11 is 7.68. The normalized spacial score (nSPS) is 25.2. The Morgan fingerprint density at radius 3 is 2.86 bits per heavy atom. The molecule has 2 aliphatic rings. The highest BCUT2D eigenvalue weighted by atomic mass is 35.5. The lowest BCUT2D eigenvalue weighted by atomic mass is 9.78. The molecule has 2 N–H and O–H groups in total. The lowest BCUT2D eigenvalue weighted by Gasteiger charge is -2.39. The van der Waals surface area contributed by atoms with Crippen LogP contribution in [0.2, 0.25) is 5.02 Å². The van der Waals surface area contributed by atoms with Crippen LogP contribution < -0.4 is 15.4 Å². The largest absolute Gasteiger partial charge is 0.485 e. The van der Waals surface area contributed by atoms with Crippen LogP contribution >= 0.6 is 22.9 Å². The number of nitrogens with one attached hydrogen (secondary N) is 2. The molecule has 1 aliphatic carbocycles. The minimum Gasteiger partial charge on any atom is -0.485 e. The Morgan fingerprint density at radius 2 is 2.14 bits per heavy atom. The van der Waals surface area contributed by atoms with Crippen molar-refractivity contribution in [3.05, 3.63) is 51.2 Å². The summed E-state index contributed by atoms with van der Waals surface area (Å²) in [6.07, 6.45) is 2.92. The van der Waals surface area contributed by atoms with E-state index in [2.05, 4.69) is 10.6 Å². The minimum atomic E-state index is -0.467. The van der Waals surface area contributed by atoms with E-state index in [1.807, 2.05) is 24.4 Å². The molecule has 7 heteroatoms. The van der Waals surface area contributed by atoms with Gasteiger partial charge in [-0.2, -0.15) is 0 Å². The number of benzene rings is 1. The number of amides is 2. The van der Waals surface area contributed by atoms with Gasteiger partial charge in [0, 0.05) is 15.8 Å². The first-order chi connectivity index (χ1) is 13.5. The van der Waals surface area contributed by atoms with Gasteiger partial charge in [0.25, 0.3) is 5.91 Å². The van der Waals surface area contributed by atoms with Crippen molar-refractivity contribution in [2.75, 3.05) is 6.54 Å². The zero-order chi connectivity index (χ0) is 19.7. The lowest BCUT2D eigenvalue weighted by Crippen LogP contribution is -2.49. The Labute approximate surface area is 173 Å². The Balaban J connectivity index is 1.41. The van der Waals surface area contributed by atoms with Gasteiger partial charge in [-0.25, -0.2) is 0 Å². The average molecular weight is 419 g/mol. The van der Waals surface area contributed by atoms with Gasteiger partial charge < -0.3 is 15.4 Å². The zero-order valence-corrected chi connectivity index (χ0v) is 17.2. The Hall–Kier alpha value is -2.05. The standard InChI is InChI=1S/C21H23ClN2O3S/c1-13(18-3-2-10-28-18)24-19(25)14-6-8-21(9-7-14)12-23-20(26)16-11-15(22)4-5-17(16)27-21/h2-5,10-11,13-14H,6-9,12H2,1H3,(H,23,26)(H,24,25). The molecule has 0 bridgehead atoms. The molecule has 1 aromatic heterocycles. The Kier molecular flexibility index (Phi) is 5.34. The number of halogens is 1. The molecule has 1 aliphatic heterocycles. The summed E-state index contributed by atoms with van der Waals surface area (Å²) in [6.45, 7) is 2.46. The molecule has 1 unspecified atom stereocenters. The molecule has 148 valence electrons. The fraction of sp³-hybridized carbons (Fsp3) is 0.429. The second-order valence-corrected chi connectivity index (χ2v) is 9.04. The van der Waals surface area contributed by atoms with Crippen molar-refractivity contribution in [1.29, 1.82) is 0 Å². The predicted octanol–water partition coefficient (Wildman–Crippen LogP) is 4.33. The first-order valence-corrected chi connectivity index (χ1v) is 10.8. The quantitative estimate of drug-likeness (QED) is 0.779. The molecule has 1 aromatic carbocycles. The molecule has 2 aromatic rings. The van der Waals surface area contributed by atoms with E-state index in [4.69, 9.17) is 16.3 Å². The summed E-state index contributed by atoms with van der Waals surface area (Å²) in [5, 5.41) is 8.62. The van der Waals surface area contributed by atoms with Gasteiger partial charge in [0.15, 0.2) is 0 Å². The van der Waals surface area contributed by atoms with Gasteiger partial charge in [-0.1, -0.05) is 17.7 Å². The third-order valence-electron chi connectivity index (χ3n) is 5.68. The molecule has 4 rings (SSSR count). The molecule has 5 nitrogen and oxygen atoms in total. The van der Waals surface area contributed by atoms with E-state index >= 15 is 0 Å². The summed E-state index contributed by atoms with van der Waals surface area (Å²) in [5.74, 6) is 0.466. The van der Waals surface area contributed by atoms with Crippen LogP contribution in [0, 0.1) is 5.92 Å². The van der Waals surface area contributed by atoms with Gasteiger partial charge in [0.05, 0.1) is 18.2 Å². The van der Waals surface area contributed by atoms with Crippen molar-refractivity contribution in [1.82, 2.24) is 10.6 Å². The molecule has 1 saturated carbocycles. The smallest absolute Gasteiger partial charge is 0.255 e. The molecular formula is C21H23ClN2O3S. The topological polar surface area (TPSA) is 67.4 Å². The van der Waals surface area contributed by atoms with Crippen molar-refractivity contribution >= 4 is 34.8 Å². The molecule has 0 saturated heterocycles. The van der Waals surface area contributed by atoms with E-state index in [9.17, 15) is 9.59 Å². The van der Waals surface area contributed by atoms with Crippen LogP contribution in [-0.2, 0) is 4.79 Å². The van der Waals surface area contributed by atoms with Crippen LogP contribution in [-0.4, -0.2) is 24.0 Å². The average Bonchev–Trinajstić information content (AvgIpc) is 3.19. The summed E-state index contributed by atoms with van der Waals surface area (Å²) in [4.78, 5) is 26.2. The molecule has 2 heterocycles. The summed E-state index contributed by atoms with van der Waals surface area (Å²) < 4.78 is 6.31. The second-order valence-electron chi connectivity index (χ2n) is 7.63. The van der Waals surface area contributed by atoms with E-state index in [1.165, 1.54) is 0 Å². The first kappa shape index (κ1) is 19.3. The molecule has 1 atom stereocenters. The number of rotatable bonds is 3. The number of hydrogen-bond donors (Lipinski definition) is 2. The highest BCUT2D eigenvalue weighted by molar-refractivity contribution is 7.10. The van der Waals surface area contributed by atoms with E-state index in [0.717, 1.165) is 30.6 Å². The van der Waals surface area contributed by atoms with Crippen LogP contribution in [0.5, 0.6) is 5.75 Å². The van der Waals surface area contributed by atoms with Crippen LogP contribution in [0.25, 0.3) is 0 Å². The van der Waals surface area contributed by atoms with Crippen molar-refractivity contribution in [3.63, 3.8) is 0 Å². The van der Waals surface area contributed by atoms with Gasteiger partial charge in [-0.15, -0.1) is 11.3 Å². The summed E-state index contributed by atoms with van der Waals surface area (Å²) in [6, 6.07) is 9.18. The van der Waals surface area contributed by atoms with Crippen molar-refractivity contribution in [2.45, 2.75) is 44.2 Å². The van der Waals surface area contributed by atoms with E-state index < -0.39 is 5.60 Å². The number of thiophene rings is 1. The highest BCUT2D eigenvalue weighted by Gasteiger charge is 2.42. The third kappa shape index (κ3) is 3.89. The Morgan fingerprint density at radius 1 is 1.36 bits per heavy atom. The number of carbonyl (C=O) groups excluding carboxylic acids is 2. The molecule has 2 amide bonds. The molecule has 28 heavy (non-hydrogen) atoms. The SMILES string of the molecule is CC(NC(=O)C1CCC2(CC1)CNC(=O)c1cc(Cl)ccc1O2)c1cccs1. The highest BCUT2D eigenvalue weighted by Crippen LogP contribution is 2.39. The fourth-order valence-electron chi connectivity index (χ4n) is 4.00. The Bertz CT molecular complexity index is 876. The van der Waals surface area contributed by atoms with Gasteiger partial charge in [-0.3, -0.25) is 9.59 Å². The van der Waals surface area contributed by atoms with Crippen LogP contribution in [0.4, 0.5) is 0 Å². The molecule has 1 fully saturated rings. The minimum absolute atomic E-state index is 0.0217. The summed E-state index contributed by atoms with van der Waals surface area (Å²) in [7, 11) is 0. The summed E-state index contributed by atoms with van der Waals surface area (Å²) in [5.41, 5.74) is -0.000694. The maximum atomic E-state index is 12.7. The van der Waals surface area contributed by atoms with E-state index in [1.54, 1.807) is 29.5 Å². The first-order valence-electron chi connectivity index (χ1n) is 9.56. The number of ether oxygens (including phenoxy) is 1. The third-order valence-corrected chi connectivity index (χ3v) is 6.97. The number of hydrogen-bond acceptors (Lipinski definition) is 4. The van der Waals surface area contributed by atoms with Crippen LogP contribution in [0.15, 0.2) is 35.7 Å². The van der Waals surface area contributed by atoms with Crippen LogP contribution in [0.3, 0.4) is 0 Å². The fourth-order valence-corrected chi connectivity index (χ4v) is 4.91. The molecule has 1 spiro atoms. The maximum absolute atomic E-state index is 12.7. The van der Waals surface area contributed by atoms with E-state index in [-0.39, 0.29) is 23.8 Å². The lowest BCUT2D eigenvalue weighted by molar-refractivity contribution is -0.128. The van der Waals surface area contributed by atoms with Gasteiger partial charge in [0.1, 0.15) is 11.4 Å². The van der Waals surface area contributed by atoms with E-state index in [0.29, 0.717) is 22.9 Å². The maximum Gasteiger partial charge on any atom is 0.255 e. The number of carbonyl (C=O) groups is 2. The molecule has 0 radical (unpaired) electrons. The van der Waals surface area contributed by atoms with Crippen molar-refractivity contribution in [2.24, 2.45) is 5.92 Å².